The molecular weight excluding hydrogens is 586 g/mol. The van der Waals surface area contributed by atoms with Crippen LogP contribution >= 0.6 is 0 Å². The number of benzene rings is 6. The summed E-state index contributed by atoms with van der Waals surface area (Å²) in [5, 5.41) is 2.24. The van der Waals surface area contributed by atoms with Gasteiger partial charge in [-0.05, 0) is 133 Å². The quantitative estimate of drug-likeness (QED) is 0.164. The van der Waals surface area contributed by atoms with Crippen LogP contribution in [0, 0.1) is 0 Å². The fourth-order valence-electron chi connectivity index (χ4n) is 5.97. The Morgan fingerprint density at radius 1 is 0.340 bits per heavy atom. The Labute approximate surface area is 274 Å². The molecule has 0 fully saturated rings. The summed E-state index contributed by atoms with van der Waals surface area (Å²) in [7, 11) is 6.72. The first kappa shape index (κ1) is 29.6. The largest absolute Gasteiger partial charge is 0.497 e. The van der Waals surface area contributed by atoms with Gasteiger partial charge in [0.05, 0.1) is 28.4 Å². The summed E-state index contributed by atoms with van der Waals surface area (Å²) in [6, 6.07) is 45.5. The van der Waals surface area contributed by atoms with Crippen molar-refractivity contribution >= 4 is 55.9 Å². The predicted molar refractivity (Wildman–Crippen MR) is 191 cm³/mol. The number of fused-ring (bicyclic) bond motifs is 3. The summed E-state index contributed by atoms with van der Waals surface area (Å²) in [6.07, 6.45) is 0. The minimum absolute atomic E-state index is 0.807. The lowest BCUT2D eigenvalue weighted by molar-refractivity contribution is 0.414. The van der Waals surface area contributed by atoms with Crippen molar-refractivity contribution in [3.8, 4) is 23.0 Å². The molecule has 1 N–H and O–H groups in total. The Bertz CT molecular complexity index is 1870. The summed E-state index contributed by atoms with van der Waals surface area (Å²) in [6.45, 7) is 0. The second kappa shape index (κ2) is 12.7. The monoisotopic (exact) mass is 621 g/mol. The lowest BCUT2D eigenvalue weighted by Crippen LogP contribution is -2.10. The second-order valence-electron chi connectivity index (χ2n) is 11.0. The SMILES string of the molecule is COc1ccc(N(c2ccc(OC)cc2)c2ccc3[nH]c4ccc(N(c5ccc(OC)cc5)c5ccc(OC)cc5)cc4c3c2)cc1. The van der Waals surface area contributed by atoms with Crippen LogP contribution in [0.15, 0.2) is 133 Å². The number of aromatic nitrogens is 1. The molecule has 234 valence electrons. The van der Waals surface area contributed by atoms with E-state index in [1.54, 1.807) is 28.4 Å². The first-order valence-corrected chi connectivity index (χ1v) is 15.3. The molecule has 7 rings (SSSR count). The number of hydrogen-bond donors (Lipinski definition) is 1. The zero-order chi connectivity index (χ0) is 32.3. The third-order valence-corrected chi connectivity index (χ3v) is 8.40. The highest BCUT2D eigenvalue weighted by Gasteiger charge is 2.18. The fraction of sp³-hybridized carbons (Fsp3) is 0.100. The summed E-state index contributed by atoms with van der Waals surface area (Å²) >= 11 is 0. The molecule has 6 aromatic carbocycles. The maximum Gasteiger partial charge on any atom is 0.119 e. The summed E-state index contributed by atoms with van der Waals surface area (Å²) in [5.74, 6) is 3.23. The van der Waals surface area contributed by atoms with Gasteiger partial charge in [0, 0.05) is 55.9 Å². The molecule has 0 atom stereocenters. The van der Waals surface area contributed by atoms with Crippen molar-refractivity contribution in [3.63, 3.8) is 0 Å². The van der Waals surface area contributed by atoms with Gasteiger partial charge in [0.15, 0.2) is 0 Å². The minimum Gasteiger partial charge on any atom is -0.497 e. The van der Waals surface area contributed by atoms with Gasteiger partial charge in [0.2, 0.25) is 0 Å². The van der Waals surface area contributed by atoms with Gasteiger partial charge < -0.3 is 33.7 Å². The molecule has 0 bridgehead atoms. The van der Waals surface area contributed by atoms with E-state index in [0.717, 1.165) is 78.9 Å². The molecule has 0 saturated heterocycles. The summed E-state index contributed by atoms with van der Waals surface area (Å²) < 4.78 is 21.8. The van der Waals surface area contributed by atoms with Gasteiger partial charge in [-0.25, -0.2) is 0 Å². The number of nitrogens with one attached hydrogen (secondary N) is 1. The molecule has 7 nitrogen and oxygen atoms in total. The van der Waals surface area contributed by atoms with E-state index in [4.69, 9.17) is 18.9 Å². The number of ether oxygens (including phenoxy) is 4. The molecule has 7 heteroatoms. The van der Waals surface area contributed by atoms with Crippen molar-refractivity contribution in [1.82, 2.24) is 4.98 Å². The van der Waals surface area contributed by atoms with E-state index in [9.17, 15) is 0 Å². The second-order valence-corrected chi connectivity index (χ2v) is 11.0. The minimum atomic E-state index is 0.807. The van der Waals surface area contributed by atoms with Crippen LogP contribution in [0.3, 0.4) is 0 Å². The molecule has 0 amide bonds. The van der Waals surface area contributed by atoms with E-state index in [-0.39, 0.29) is 0 Å². The average Bonchev–Trinajstić information content (AvgIpc) is 3.50. The van der Waals surface area contributed by atoms with Crippen molar-refractivity contribution in [1.29, 1.82) is 0 Å². The van der Waals surface area contributed by atoms with E-state index < -0.39 is 0 Å². The zero-order valence-corrected chi connectivity index (χ0v) is 26.7. The highest BCUT2D eigenvalue weighted by Crippen LogP contribution is 2.41. The Kier molecular flexibility index (Phi) is 8.02. The van der Waals surface area contributed by atoms with Gasteiger partial charge in [-0.15, -0.1) is 0 Å². The van der Waals surface area contributed by atoms with Gasteiger partial charge in [-0.2, -0.15) is 0 Å². The number of H-pyrrole nitrogens is 1. The number of methoxy groups -OCH3 is 4. The highest BCUT2D eigenvalue weighted by molar-refractivity contribution is 6.10. The topological polar surface area (TPSA) is 59.2 Å². The molecule has 0 unspecified atom stereocenters. The van der Waals surface area contributed by atoms with Crippen LogP contribution in [0.2, 0.25) is 0 Å². The highest BCUT2D eigenvalue weighted by atomic mass is 16.5. The summed E-state index contributed by atoms with van der Waals surface area (Å²) in [5.41, 5.74) is 8.24. The average molecular weight is 622 g/mol. The zero-order valence-electron chi connectivity index (χ0n) is 26.7. The number of nitrogens with zero attached hydrogens (tertiary/aromatic N) is 2. The van der Waals surface area contributed by atoms with Crippen LogP contribution in [0.1, 0.15) is 0 Å². The molecule has 47 heavy (non-hydrogen) atoms. The van der Waals surface area contributed by atoms with E-state index in [2.05, 4.69) is 99.7 Å². The predicted octanol–water partition coefficient (Wildman–Crippen LogP) is 10.3. The number of hydrogen-bond acceptors (Lipinski definition) is 6. The maximum atomic E-state index is 5.45. The Hall–Kier alpha value is -6.08. The van der Waals surface area contributed by atoms with E-state index in [1.807, 2.05) is 48.5 Å². The lowest BCUT2D eigenvalue weighted by Gasteiger charge is -2.26. The Morgan fingerprint density at radius 3 is 0.851 bits per heavy atom. The van der Waals surface area contributed by atoms with Crippen LogP contribution in [0.5, 0.6) is 23.0 Å². The number of anilines is 6. The molecule has 0 saturated carbocycles. The number of rotatable bonds is 10. The van der Waals surface area contributed by atoms with Crippen molar-refractivity contribution < 1.29 is 18.9 Å². The smallest absolute Gasteiger partial charge is 0.119 e. The molecule has 0 aliphatic heterocycles. The molecular formula is C40H35N3O4. The van der Waals surface area contributed by atoms with Gasteiger partial charge in [-0.1, -0.05) is 0 Å². The fourth-order valence-corrected chi connectivity index (χ4v) is 5.97. The molecule has 0 radical (unpaired) electrons. The van der Waals surface area contributed by atoms with Gasteiger partial charge in [-0.3, -0.25) is 0 Å². The van der Waals surface area contributed by atoms with E-state index in [0.29, 0.717) is 0 Å². The maximum absolute atomic E-state index is 5.45. The lowest BCUT2D eigenvalue weighted by atomic mass is 10.1. The Balaban J connectivity index is 1.37. The molecule has 0 spiro atoms. The van der Waals surface area contributed by atoms with Gasteiger partial charge in [0.1, 0.15) is 23.0 Å². The molecule has 1 heterocycles. The first-order chi connectivity index (χ1) is 23.1. The van der Waals surface area contributed by atoms with E-state index in [1.165, 1.54) is 0 Å². The normalized spacial score (nSPS) is 11.0. The first-order valence-electron chi connectivity index (χ1n) is 15.3. The van der Waals surface area contributed by atoms with Crippen LogP contribution < -0.4 is 28.7 Å². The van der Waals surface area contributed by atoms with Crippen molar-refractivity contribution in [3.05, 3.63) is 133 Å². The summed E-state index contributed by atoms with van der Waals surface area (Å²) in [4.78, 5) is 8.10. The number of aromatic amines is 1. The van der Waals surface area contributed by atoms with Crippen LogP contribution in [0.25, 0.3) is 21.8 Å². The van der Waals surface area contributed by atoms with Crippen LogP contribution in [-0.2, 0) is 0 Å². The third-order valence-electron chi connectivity index (χ3n) is 8.40. The van der Waals surface area contributed by atoms with Gasteiger partial charge >= 0.3 is 0 Å². The van der Waals surface area contributed by atoms with Crippen molar-refractivity contribution in [2.75, 3.05) is 38.2 Å². The standard InChI is InChI=1S/C40H35N3O4/c1-44-33-15-5-27(6-16-33)42(28-7-17-34(45-2)18-8-28)31-13-23-39-37(25-31)38-26-32(14-24-40(38)41-39)43(29-9-19-35(46-3)20-10-29)30-11-21-36(47-4)22-12-30/h5-26,41H,1-4H3. The van der Waals surface area contributed by atoms with Crippen molar-refractivity contribution in [2.24, 2.45) is 0 Å². The third kappa shape index (κ3) is 5.75. The Morgan fingerprint density at radius 2 is 0.596 bits per heavy atom. The molecule has 0 aliphatic carbocycles. The van der Waals surface area contributed by atoms with Crippen LogP contribution in [0.4, 0.5) is 34.1 Å². The van der Waals surface area contributed by atoms with Crippen LogP contribution in [-0.4, -0.2) is 33.4 Å². The molecule has 7 aromatic rings. The van der Waals surface area contributed by atoms with Crippen molar-refractivity contribution in [2.45, 2.75) is 0 Å². The molecule has 1 aromatic heterocycles. The van der Waals surface area contributed by atoms with Gasteiger partial charge in [0.25, 0.3) is 0 Å². The molecule has 0 aliphatic rings. The van der Waals surface area contributed by atoms with E-state index >= 15 is 0 Å².